The van der Waals surface area contributed by atoms with Crippen LogP contribution in [0.2, 0.25) is 5.02 Å². The van der Waals surface area contributed by atoms with Crippen molar-refractivity contribution < 1.29 is 0 Å². The Hall–Kier alpha value is -2.45. The fourth-order valence-corrected chi connectivity index (χ4v) is 3.74. The molecule has 5 nitrogen and oxygen atoms in total. The fraction of sp³-hybridized carbons (Fsp3) is 0.400. The third-order valence-electron chi connectivity index (χ3n) is 4.12. The lowest BCUT2D eigenvalue weighted by Gasteiger charge is -2.34. The summed E-state index contributed by atoms with van der Waals surface area (Å²) in [7, 11) is 0. The number of nitriles is 1. The molecule has 0 unspecified atom stereocenters. The first kappa shape index (κ1) is 18.3. The highest BCUT2D eigenvalue weighted by Gasteiger charge is 2.28. The number of benzene rings is 1. The number of nitrogens with one attached hydrogen (secondary N) is 2. The first-order valence-electron chi connectivity index (χ1n) is 8.64. The Balaban J connectivity index is 2.13. The zero-order valence-corrected chi connectivity index (χ0v) is 16.6. The fourth-order valence-electron chi connectivity index (χ4n) is 3.62. The molecular formula is C20H24ClN5. The average molecular weight is 370 g/mol. The van der Waals surface area contributed by atoms with Gasteiger partial charge in [0.2, 0.25) is 0 Å². The van der Waals surface area contributed by atoms with E-state index in [0.29, 0.717) is 16.2 Å². The van der Waals surface area contributed by atoms with Crippen molar-refractivity contribution in [2.24, 2.45) is 5.41 Å². The molecule has 0 fully saturated rings. The van der Waals surface area contributed by atoms with E-state index in [1.165, 1.54) is 0 Å². The van der Waals surface area contributed by atoms with Crippen LogP contribution in [-0.2, 0) is 0 Å². The highest BCUT2D eigenvalue weighted by molar-refractivity contribution is 6.30. The van der Waals surface area contributed by atoms with Crippen LogP contribution in [0.4, 0.5) is 5.82 Å². The Kier molecular flexibility index (Phi) is 4.49. The summed E-state index contributed by atoms with van der Waals surface area (Å²) in [4.78, 5) is 4.73. The molecule has 6 heteroatoms. The molecule has 0 saturated carbocycles. The van der Waals surface area contributed by atoms with Gasteiger partial charge in [-0.25, -0.2) is 9.50 Å². The van der Waals surface area contributed by atoms with Crippen LogP contribution in [-0.4, -0.2) is 20.1 Å². The second-order valence-corrected chi connectivity index (χ2v) is 8.96. The zero-order valence-electron chi connectivity index (χ0n) is 15.8. The van der Waals surface area contributed by atoms with Crippen LogP contribution in [0.3, 0.4) is 0 Å². The van der Waals surface area contributed by atoms with E-state index in [1.807, 2.05) is 28.8 Å². The van der Waals surface area contributed by atoms with Crippen LogP contribution in [0.15, 0.2) is 30.5 Å². The first-order valence-corrected chi connectivity index (χ1v) is 9.01. The number of rotatable bonds is 4. The Morgan fingerprint density at radius 2 is 1.85 bits per heavy atom. The summed E-state index contributed by atoms with van der Waals surface area (Å²) in [5, 5.41) is 16.8. The number of halogens is 1. The topological polar surface area (TPSA) is 68.9 Å². The summed E-state index contributed by atoms with van der Waals surface area (Å²) in [5.74, 6) is 0.845. The number of hydrogen-bond donors (Lipinski definition) is 2. The number of nitrogens with zero attached hydrogens (tertiary/aromatic N) is 3. The van der Waals surface area contributed by atoms with Gasteiger partial charge in [0.05, 0.1) is 0 Å². The molecule has 0 saturated heterocycles. The summed E-state index contributed by atoms with van der Waals surface area (Å²) < 4.78 is 1.84. The van der Waals surface area contributed by atoms with E-state index < -0.39 is 0 Å². The van der Waals surface area contributed by atoms with Crippen LogP contribution in [0.25, 0.3) is 16.9 Å². The smallest absolute Gasteiger partial charge is 0.173 e. The van der Waals surface area contributed by atoms with Gasteiger partial charge in [0.25, 0.3) is 0 Å². The number of H-pyrrole nitrogens is 1. The quantitative estimate of drug-likeness (QED) is 0.639. The molecule has 3 aromatic rings. The molecule has 26 heavy (non-hydrogen) atoms. The van der Waals surface area contributed by atoms with Crippen molar-refractivity contribution >= 4 is 23.1 Å². The number of imidazole rings is 1. The molecule has 0 spiro atoms. The molecule has 1 aromatic carbocycles. The monoisotopic (exact) mass is 369 g/mol. The zero-order chi connectivity index (χ0) is 19.1. The number of hydrogen-bond acceptors (Lipinski definition) is 3. The number of aromatic amines is 1. The lowest BCUT2D eigenvalue weighted by atomic mass is 9.82. The van der Waals surface area contributed by atoms with Crippen LogP contribution in [0.1, 0.15) is 46.6 Å². The van der Waals surface area contributed by atoms with Crippen molar-refractivity contribution in [1.82, 2.24) is 14.6 Å². The molecule has 2 aromatic heterocycles. The molecule has 2 N–H and O–H groups in total. The highest BCUT2D eigenvalue weighted by Crippen LogP contribution is 2.35. The lowest BCUT2D eigenvalue weighted by Crippen LogP contribution is -2.36. The van der Waals surface area contributed by atoms with E-state index in [2.05, 4.69) is 51.1 Å². The maximum Gasteiger partial charge on any atom is 0.173 e. The van der Waals surface area contributed by atoms with E-state index in [-0.39, 0.29) is 11.0 Å². The molecule has 2 heterocycles. The number of aromatic nitrogens is 3. The summed E-state index contributed by atoms with van der Waals surface area (Å²) in [6.45, 7) is 11.0. The molecule has 0 bridgehead atoms. The average Bonchev–Trinajstić information content (AvgIpc) is 3.05. The summed E-state index contributed by atoms with van der Waals surface area (Å²) >= 11 is 6.03. The minimum Gasteiger partial charge on any atom is -0.363 e. The standard InChI is InChI=1S/C20H24ClN5/c1-19(2,3)12-20(4,5)25-18-16(13-6-8-15(21)9-7-13)24-17-14(10-22)11-23-26(17)18/h6-9,11,23,25H,12H2,1-5H3. The largest absolute Gasteiger partial charge is 0.363 e. The maximum atomic E-state index is 9.36. The predicted octanol–water partition coefficient (Wildman–Crippen LogP) is 5.48. The predicted molar refractivity (Wildman–Crippen MR) is 106 cm³/mol. The van der Waals surface area contributed by atoms with Gasteiger partial charge >= 0.3 is 0 Å². The van der Waals surface area contributed by atoms with Gasteiger partial charge < -0.3 is 5.32 Å². The number of anilines is 1. The first-order chi connectivity index (χ1) is 12.1. The van der Waals surface area contributed by atoms with E-state index in [9.17, 15) is 5.26 Å². The number of fused-ring (bicyclic) bond motifs is 1. The Morgan fingerprint density at radius 3 is 2.42 bits per heavy atom. The van der Waals surface area contributed by atoms with E-state index in [1.54, 1.807) is 6.20 Å². The minimum atomic E-state index is -0.159. The Bertz CT molecular complexity index is 965. The van der Waals surface area contributed by atoms with Crippen molar-refractivity contribution in [1.29, 1.82) is 5.26 Å². The van der Waals surface area contributed by atoms with Crippen LogP contribution < -0.4 is 5.32 Å². The SMILES string of the molecule is CC(C)(C)CC(C)(C)Nc1c(-c2ccc(Cl)cc2)nc2c(C#N)c[nH]n12. The molecule has 0 amide bonds. The van der Waals surface area contributed by atoms with Crippen molar-refractivity contribution in [2.45, 2.75) is 46.6 Å². The molecule has 0 aliphatic carbocycles. The van der Waals surface area contributed by atoms with Gasteiger partial charge in [0, 0.05) is 22.3 Å². The molecule has 3 rings (SSSR count). The Labute approximate surface area is 159 Å². The van der Waals surface area contributed by atoms with Gasteiger partial charge in [-0.15, -0.1) is 0 Å². The van der Waals surface area contributed by atoms with Gasteiger partial charge in [0.15, 0.2) is 11.5 Å². The van der Waals surface area contributed by atoms with Crippen LogP contribution in [0.5, 0.6) is 0 Å². The van der Waals surface area contributed by atoms with Crippen molar-refractivity contribution in [3.8, 4) is 17.3 Å². The van der Waals surface area contributed by atoms with Crippen LogP contribution in [0, 0.1) is 16.7 Å². The second-order valence-electron chi connectivity index (χ2n) is 8.52. The molecule has 0 aliphatic rings. The lowest BCUT2D eigenvalue weighted by molar-refractivity contribution is 0.302. The van der Waals surface area contributed by atoms with Crippen molar-refractivity contribution in [3.63, 3.8) is 0 Å². The van der Waals surface area contributed by atoms with E-state index in [0.717, 1.165) is 23.5 Å². The van der Waals surface area contributed by atoms with E-state index >= 15 is 0 Å². The van der Waals surface area contributed by atoms with Gasteiger partial charge in [-0.3, -0.25) is 5.10 Å². The molecule has 136 valence electrons. The van der Waals surface area contributed by atoms with E-state index in [4.69, 9.17) is 16.6 Å². The molecule has 0 radical (unpaired) electrons. The molecule has 0 atom stereocenters. The summed E-state index contributed by atoms with van der Waals surface area (Å²) in [6.07, 6.45) is 2.65. The highest BCUT2D eigenvalue weighted by atomic mass is 35.5. The summed E-state index contributed by atoms with van der Waals surface area (Å²) in [6, 6.07) is 9.77. The van der Waals surface area contributed by atoms with Crippen molar-refractivity contribution in [2.75, 3.05) is 5.32 Å². The third-order valence-corrected chi connectivity index (χ3v) is 4.38. The van der Waals surface area contributed by atoms with Gasteiger partial charge in [-0.05, 0) is 37.8 Å². The van der Waals surface area contributed by atoms with Gasteiger partial charge in [-0.2, -0.15) is 5.26 Å². The van der Waals surface area contributed by atoms with Crippen LogP contribution >= 0.6 is 11.6 Å². The third kappa shape index (κ3) is 3.71. The van der Waals surface area contributed by atoms with Gasteiger partial charge in [0.1, 0.15) is 17.3 Å². The molecule has 0 aliphatic heterocycles. The molecular weight excluding hydrogens is 346 g/mol. The summed E-state index contributed by atoms with van der Waals surface area (Å²) in [5.41, 5.74) is 2.89. The van der Waals surface area contributed by atoms with Gasteiger partial charge in [-0.1, -0.05) is 44.5 Å². The van der Waals surface area contributed by atoms with Crippen molar-refractivity contribution in [3.05, 3.63) is 41.0 Å². The maximum absolute atomic E-state index is 9.36. The normalized spacial score (nSPS) is 12.3. The Morgan fingerprint density at radius 1 is 1.19 bits per heavy atom. The minimum absolute atomic E-state index is 0.159. The second kappa shape index (κ2) is 6.37.